The molecule has 4 heteroatoms. The third-order valence-corrected chi connectivity index (χ3v) is 5.74. The summed E-state index contributed by atoms with van der Waals surface area (Å²) in [7, 11) is 0. The summed E-state index contributed by atoms with van der Waals surface area (Å²) < 4.78 is 5.43. The summed E-state index contributed by atoms with van der Waals surface area (Å²) in [4.78, 5) is 16.8. The Hall–Kier alpha value is -0.450. The average Bonchev–Trinajstić information content (AvgIpc) is 2.57. The van der Waals surface area contributed by atoms with E-state index in [0.717, 1.165) is 51.7 Å². The molecule has 3 aliphatic rings. The van der Waals surface area contributed by atoms with Gasteiger partial charge in [-0.3, -0.25) is 0 Å². The highest BCUT2D eigenvalue weighted by Crippen LogP contribution is 2.31. The topological polar surface area (TPSA) is 32.8 Å². The maximum atomic E-state index is 11.6. The molecule has 0 radical (unpaired) electrons. The van der Waals surface area contributed by atoms with E-state index in [2.05, 4.69) is 9.80 Å². The van der Waals surface area contributed by atoms with E-state index in [4.69, 9.17) is 4.74 Å². The van der Waals surface area contributed by atoms with E-state index in [0.29, 0.717) is 0 Å². The third-order valence-electron chi connectivity index (χ3n) is 5.74. The Bertz CT molecular complexity index is 328. The van der Waals surface area contributed by atoms with E-state index >= 15 is 0 Å². The SMILES string of the molecule is O=CC1(CN2CCC(N3CCCCC3)CC2)CCOCC1. The molecule has 3 aliphatic heterocycles. The first-order valence-corrected chi connectivity index (χ1v) is 8.82. The summed E-state index contributed by atoms with van der Waals surface area (Å²) in [6.45, 7) is 7.40. The zero-order valence-electron chi connectivity index (χ0n) is 13.3. The second-order valence-corrected chi connectivity index (χ2v) is 7.20. The van der Waals surface area contributed by atoms with Crippen LogP contribution >= 0.6 is 0 Å². The molecular weight excluding hydrogens is 264 g/mol. The second kappa shape index (κ2) is 7.21. The van der Waals surface area contributed by atoms with E-state index in [1.54, 1.807) is 0 Å². The maximum Gasteiger partial charge on any atom is 0.127 e. The molecule has 3 heterocycles. The largest absolute Gasteiger partial charge is 0.381 e. The van der Waals surface area contributed by atoms with Gasteiger partial charge in [-0.15, -0.1) is 0 Å². The van der Waals surface area contributed by atoms with Crippen LogP contribution in [0.1, 0.15) is 44.9 Å². The van der Waals surface area contributed by atoms with Gasteiger partial charge in [0.15, 0.2) is 0 Å². The van der Waals surface area contributed by atoms with E-state index in [9.17, 15) is 4.79 Å². The number of hydrogen-bond donors (Lipinski definition) is 0. The molecule has 0 aromatic heterocycles. The van der Waals surface area contributed by atoms with E-state index < -0.39 is 0 Å². The first-order chi connectivity index (χ1) is 10.3. The molecule has 0 atom stereocenters. The molecule has 0 bridgehead atoms. The van der Waals surface area contributed by atoms with Crippen molar-refractivity contribution in [1.29, 1.82) is 0 Å². The Balaban J connectivity index is 1.47. The minimum Gasteiger partial charge on any atom is -0.381 e. The predicted molar refractivity (Wildman–Crippen MR) is 83.4 cm³/mol. The lowest BCUT2D eigenvalue weighted by molar-refractivity contribution is -0.123. The van der Waals surface area contributed by atoms with Crippen molar-refractivity contribution >= 4 is 6.29 Å². The molecule has 3 saturated heterocycles. The number of aldehydes is 1. The zero-order valence-corrected chi connectivity index (χ0v) is 13.3. The lowest BCUT2D eigenvalue weighted by atomic mass is 9.80. The third kappa shape index (κ3) is 3.85. The Morgan fingerprint density at radius 1 is 1.00 bits per heavy atom. The molecule has 0 amide bonds. The predicted octanol–water partition coefficient (Wildman–Crippen LogP) is 1.93. The molecule has 0 aliphatic carbocycles. The molecule has 21 heavy (non-hydrogen) atoms. The summed E-state index contributed by atoms with van der Waals surface area (Å²) in [6, 6.07) is 0.795. The number of ether oxygens (including phenoxy) is 1. The Labute approximate surface area is 128 Å². The number of rotatable bonds is 4. The Kier molecular flexibility index (Phi) is 5.30. The van der Waals surface area contributed by atoms with Crippen molar-refractivity contribution in [3.63, 3.8) is 0 Å². The van der Waals surface area contributed by atoms with Crippen molar-refractivity contribution < 1.29 is 9.53 Å². The summed E-state index contributed by atoms with van der Waals surface area (Å²) in [5, 5.41) is 0. The molecule has 0 aromatic carbocycles. The minimum atomic E-state index is -0.129. The molecule has 0 spiro atoms. The molecule has 0 N–H and O–H groups in total. The summed E-state index contributed by atoms with van der Waals surface area (Å²) in [6.07, 6.45) is 9.77. The quantitative estimate of drug-likeness (QED) is 0.742. The summed E-state index contributed by atoms with van der Waals surface area (Å²) >= 11 is 0. The van der Waals surface area contributed by atoms with Gasteiger partial charge in [-0.05, 0) is 64.7 Å². The first kappa shape index (κ1) is 15.4. The molecule has 3 fully saturated rings. The number of likely N-dealkylation sites (tertiary alicyclic amines) is 2. The monoisotopic (exact) mass is 294 g/mol. The van der Waals surface area contributed by atoms with Crippen molar-refractivity contribution in [2.45, 2.75) is 51.0 Å². The van der Waals surface area contributed by atoms with Gasteiger partial charge in [-0.2, -0.15) is 0 Å². The molecule has 0 aromatic rings. The number of carbonyl (C=O) groups is 1. The van der Waals surface area contributed by atoms with Crippen LogP contribution in [0.15, 0.2) is 0 Å². The van der Waals surface area contributed by atoms with Crippen molar-refractivity contribution in [2.24, 2.45) is 5.41 Å². The van der Waals surface area contributed by atoms with Crippen LogP contribution in [-0.2, 0) is 9.53 Å². The zero-order chi connectivity index (χ0) is 14.5. The van der Waals surface area contributed by atoms with Crippen LogP contribution in [0, 0.1) is 5.41 Å². The van der Waals surface area contributed by atoms with Crippen molar-refractivity contribution in [3.05, 3.63) is 0 Å². The van der Waals surface area contributed by atoms with Crippen LogP contribution < -0.4 is 0 Å². The van der Waals surface area contributed by atoms with Crippen molar-refractivity contribution in [1.82, 2.24) is 9.80 Å². The van der Waals surface area contributed by atoms with Crippen molar-refractivity contribution in [2.75, 3.05) is 45.9 Å². The lowest BCUT2D eigenvalue weighted by Gasteiger charge is -2.43. The van der Waals surface area contributed by atoms with Gasteiger partial charge >= 0.3 is 0 Å². The van der Waals surface area contributed by atoms with Gasteiger partial charge in [0.05, 0.1) is 0 Å². The molecule has 4 nitrogen and oxygen atoms in total. The van der Waals surface area contributed by atoms with Gasteiger partial charge in [0.25, 0.3) is 0 Å². The highest BCUT2D eigenvalue weighted by atomic mass is 16.5. The van der Waals surface area contributed by atoms with Crippen LogP contribution in [0.5, 0.6) is 0 Å². The fraction of sp³-hybridized carbons (Fsp3) is 0.941. The van der Waals surface area contributed by atoms with Gasteiger partial charge in [-0.25, -0.2) is 0 Å². The van der Waals surface area contributed by atoms with E-state index in [1.807, 2.05) is 0 Å². The van der Waals surface area contributed by atoms with Gasteiger partial charge in [0.2, 0.25) is 0 Å². The number of carbonyl (C=O) groups excluding carboxylic acids is 1. The summed E-state index contributed by atoms with van der Waals surface area (Å²) in [5.74, 6) is 0. The Morgan fingerprint density at radius 3 is 2.29 bits per heavy atom. The van der Waals surface area contributed by atoms with Crippen LogP contribution in [0.25, 0.3) is 0 Å². The van der Waals surface area contributed by atoms with Gasteiger partial charge < -0.3 is 19.3 Å². The highest BCUT2D eigenvalue weighted by Gasteiger charge is 2.35. The van der Waals surface area contributed by atoms with Crippen LogP contribution in [0.4, 0.5) is 0 Å². The average molecular weight is 294 g/mol. The fourth-order valence-electron chi connectivity index (χ4n) is 4.26. The minimum absolute atomic E-state index is 0.129. The van der Waals surface area contributed by atoms with Gasteiger partial charge in [0, 0.05) is 31.2 Å². The smallest absolute Gasteiger partial charge is 0.127 e. The Morgan fingerprint density at radius 2 is 1.67 bits per heavy atom. The molecule has 3 rings (SSSR count). The molecule has 0 unspecified atom stereocenters. The lowest BCUT2D eigenvalue weighted by Crippen LogP contribution is -2.50. The molecule has 120 valence electrons. The number of piperidine rings is 2. The first-order valence-electron chi connectivity index (χ1n) is 8.82. The number of nitrogens with zero attached hydrogens (tertiary/aromatic N) is 2. The van der Waals surface area contributed by atoms with Crippen molar-refractivity contribution in [3.8, 4) is 0 Å². The van der Waals surface area contributed by atoms with Gasteiger partial charge in [-0.1, -0.05) is 6.42 Å². The maximum absolute atomic E-state index is 11.6. The normalized spacial score (nSPS) is 29.3. The molecule has 0 saturated carbocycles. The standard InChI is InChI=1S/C17H30N2O2/c20-15-17(6-12-21-13-7-17)14-18-10-4-16(5-11-18)19-8-2-1-3-9-19/h15-16H,1-14H2. The number of hydrogen-bond acceptors (Lipinski definition) is 4. The summed E-state index contributed by atoms with van der Waals surface area (Å²) in [5.41, 5.74) is -0.129. The van der Waals surface area contributed by atoms with E-state index in [1.165, 1.54) is 51.5 Å². The highest BCUT2D eigenvalue weighted by molar-refractivity contribution is 5.60. The molecular formula is C17H30N2O2. The van der Waals surface area contributed by atoms with Crippen LogP contribution in [0.3, 0.4) is 0 Å². The fourth-order valence-corrected chi connectivity index (χ4v) is 4.26. The van der Waals surface area contributed by atoms with E-state index in [-0.39, 0.29) is 5.41 Å². The van der Waals surface area contributed by atoms with Crippen LogP contribution in [-0.4, -0.2) is 68.1 Å². The second-order valence-electron chi connectivity index (χ2n) is 7.20. The van der Waals surface area contributed by atoms with Crippen LogP contribution in [0.2, 0.25) is 0 Å². The van der Waals surface area contributed by atoms with Gasteiger partial charge in [0.1, 0.15) is 6.29 Å².